The van der Waals surface area contributed by atoms with Gasteiger partial charge in [0, 0.05) is 25.6 Å². The summed E-state index contributed by atoms with van der Waals surface area (Å²) in [4.78, 5) is 25.4. The topological polar surface area (TPSA) is 69.6 Å². The number of carboxylic acid groups (broad SMARTS) is 1. The SMILES string of the molecule is CCCN(CC1CC1)C(=O)NC(CCC(=O)O)Cc1ccccc1. The van der Waals surface area contributed by atoms with E-state index < -0.39 is 5.97 Å². The molecule has 0 radical (unpaired) electrons. The van der Waals surface area contributed by atoms with Gasteiger partial charge in [0.05, 0.1) is 0 Å². The number of nitrogens with one attached hydrogen (secondary N) is 1. The molecule has 5 heteroatoms. The summed E-state index contributed by atoms with van der Waals surface area (Å²) in [6.07, 6.45) is 4.51. The van der Waals surface area contributed by atoms with Gasteiger partial charge in [0.2, 0.25) is 0 Å². The Labute approximate surface area is 144 Å². The Bertz CT molecular complexity index is 529. The van der Waals surface area contributed by atoms with Crippen LogP contribution in [0.5, 0.6) is 0 Å². The van der Waals surface area contributed by atoms with E-state index in [0.29, 0.717) is 18.8 Å². The van der Waals surface area contributed by atoms with Gasteiger partial charge in [-0.2, -0.15) is 0 Å². The van der Waals surface area contributed by atoms with Crippen LogP contribution < -0.4 is 5.32 Å². The number of carbonyl (C=O) groups is 2. The first-order chi connectivity index (χ1) is 11.6. The number of benzene rings is 1. The van der Waals surface area contributed by atoms with Gasteiger partial charge in [-0.3, -0.25) is 4.79 Å². The van der Waals surface area contributed by atoms with E-state index >= 15 is 0 Å². The van der Waals surface area contributed by atoms with E-state index in [1.165, 1.54) is 12.8 Å². The van der Waals surface area contributed by atoms with E-state index in [2.05, 4.69) is 12.2 Å². The molecule has 24 heavy (non-hydrogen) atoms. The highest BCUT2D eigenvalue weighted by Crippen LogP contribution is 2.29. The third kappa shape index (κ3) is 6.60. The van der Waals surface area contributed by atoms with Crippen molar-refractivity contribution in [2.24, 2.45) is 5.92 Å². The van der Waals surface area contributed by atoms with Crippen molar-refractivity contribution < 1.29 is 14.7 Å². The second-order valence-corrected chi connectivity index (χ2v) is 6.66. The molecule has 0 heterocycles. The van der Waals surface area contributed by atoms with Crippen molar-refractivity contribution in [3.05, 3.63) is 35.9 Å². The largest absolute Gasteiger partial charge is 0.481 e. The molecule has 1 fully saturated rings. The molecule has 0 saturated heterocycles. The van der Waals surface area contributed by atoms with Gasteiger partial charge >= 0.3 is 12.0 Å². The Kier molecular flexibility index (Phi) is 7.09. The van der Waals surface area contributed by atoms with Crippen LogP contribution in [0.3, 0.4) is 0 Å². The standard InChI is InChI=1S/C19H28N2O3/c1-2-12-21(14-16-8-9-16)19(24)20-17(10-11-18(22)23)13-15-6-4-3-5-7-15/h3-7,16-17H,2,8-14H2,1H3,(H,20,24)(H,22,23). The fourth-order valence-corrected chi connectivity index (χ4v) is 2.85. The monoisotopic (exact) mass is 332 g/mol. The number of amides is 2. The molecule has 1 aliphatic rings. The Morgan fingerprint density at radius 3 is 2.58 bits per heavy atom. The first-order valence-corrected chi connectivity index (χ1v) is 8.89. The smallest absolute Gasteiger partial charge is 0.317 e. The third-order valence-electron chi connectivity index (χ3n) is 4.32. The number of carboxylic acids is 1. The van der Waals surface area contributed by atoms with Crippen molar-refractivity contribution in [2.45, 2.75) is 51.5 Å². The van der Waals surface area contributed by atoms with Crippen LogP contribution in [-0.4, -0.2) is 41.1 Å². The molecule has 1 unspecified atom stereocenters. The molecule has 1 saturated carbocycles. The zero-order chi connectivity index (χ0) is 17.4. The predicted molar refractivity (Wildman–Crippen MR) is 93.9 cm³/mol. The maximum Gasteiger partial charge on any atom is 0.317 e. The van der Waals surface area contributed by atoms with E-state index in [0.717, 1.165) is 25.1 Å². The van der Waals surface area contributed by atoms with Crippen LogP contribution in [0.2, 0.25) is 0 Å². The molecule has 0 aromatic heterocycles. The fraction of sp³-hybridized carbons (Fsp3) is 0.579. The first kappa shape index (κ1) is 18.3. The van der Waals surface area contributed by atoms with Crippen LogP contribution >= 0.6 is 0 Å². The Balaban J connectivity index is 1.95. The van der Waals surface area contributed by atoms with Gasteiger partial charge in [-0.15, -0.1) is 0 Å². The summed E-state index contributed by atoms with van der Waals surface area (Å²) in [6.45, 7) is 3.63. The number of nitrogens with zero attached hydrogens (tertiary/aromatic N) is 1. The number of urea groups is 1. The van der Waals surface area contributed by atoms with Crippen molar-refractivity contribution in [1.82, 2.24) is 10.2 Å². The van der Waals surface area contributed by atoms with Crippen molar-refractivity contribution in [2.75, 3.05) is 13.1 Å². The third-order valence-corrected chi connectivity index (χ3v) is 4.32. The van der Waals surface area contributed by atoms with E-state index in [4.69, 9.17) is 5.11 Å². The van der Waals surface area contributed by atoms with Crippen LogP contribution in [-0.2, 0) is 11.2 Å². The van der Waals surface area contributed by atoms with Gasteiger partial charge < -0.3 is 15.3 Å². The van der Waals surface area contributed by atoms with Crippen molar-refractivity contribution >= 4 is 12.0 Å². The van der Waals surface area contributed by atoms with Gasteiger partial charge in [-0.1, -0.05) is 37.3 Å². The second kappa shape index (κ2) is 9.30. The number of hydrogen-bond acceptors (Lipinski definition) is 2. The van der Waals surface area contributed by atoms with Gasteiger partial charge in [0.25, 0.3) is 0 Å². The highest BCUT2D eigenvalue weighted by atomic mass is 16.4. The minimum absolute atomic E-state index is 0.0601. The normalized spacial score (nSPS) is 14.9. The van der Waals surface area contributed by atoms with Crippen LogP contribution in [0.15, 0.2) is 30.3 Å². The van der Waals surface area contributed by atoms with E-state index in [1.54, 1.807) is 0 Å². The number of carbonyl (C=O) groups excluding carboxylic acids is 1. The number of rotatable bonds is 10. The van der Waals surface area contributed by atoms with Crippen molar-refractivity contribution in [3.63, 3.8) is 0 Å². The summed E-state index contributed by atoms with van der Waals surface area (Å²) in [5, 5.41) is 12.0. The maximum absolute atomic E-state index is 12.6. The van der Waals surface area contributed by atoms with Gasteiger partial charge in [-0.05, 0) is 43.6 Å². The molecular formula is C19H28N2O3. The van der Waals surface area contributed by atoms with E-state index in [-0.39, 0.29) is 18.5 Å². The van der Waals surface area contributed by atoms with E-state index in [1.807, 2.05) is 35.2 Å². The van der Waals surface area contributed by atoms with Crippen molar-refractivity contribution in [3.8, 4) is 0 Å². The molecular weight excluding hydrogens is 304 g/mol. The van der Waals surface area contributed by atoms with E-state index in [9.17, 15) is 9.59 Å². The molecule has 1 aliphatic carbocycles. The van der Waals surface area contributed by atoms with Gasteiger partial charge in [0.1, 0.15) is 0 Å². The first-order valence-electron chi connectivity index (χ1n) is 8.89. The minimum atomic E-state index is -0.828. The van der Waals surface area contributed by atoms with Crippen LogP contribution in [0.4, 0.5) is 4.79 Å². The summed E-state index contributed by atoms with van der Waals surface area (Å²) in [7, 11) is 0. The molecule has 0 aliphatic heterocycles. The summed E-state index contributed by atoms with van der Waals surface area (Å²) in [5.41, 5.74) is 1.11. The lowest BCUT2D eigenvalue weighted by Crippen LogP contribution is -2.46. The number of aliphatic carboxylic acids is 1. The predicted octanol–water partition coefficient (Wildman–Crippen LogP) is 3.29. The quantitative estimate of drug-likeness (QED) is 0.691. The van der Waals surface area contributed by atoms with Crippen LogP contribution in [0.1, 0.15) is 44.6 Å². The van der Waals surface area contributed by atoms with Crippen molar-refractivity contribution in [1.29, 1.82) is 0 Å². The number of hydrogen-bond donors (Lipinski definition) is 2. The Morgan fingerprint density at radius 2 is 2.00 bits per heavy atom. The average Bonchev–Trinajstić information content (AvgIpc) is 3.37. The molecule has 2 rings (SSSR count). The van der Waals surface area contributed by atoms with Gasteiger partial charge in [0.15, 0.2) is 0 Å². The molecule has 1 atom stereocenters. The fourth-order valence-electron chi connectivity index (χ4n) is 2.85. The molecule has 2 N–H and O–H groups in total. The van der Waals surface area contributed by atoms with Gasteiger partial charge in [-0.25, -0.2) is 4.79 Å². The molecule has 1 aromatic rings. The average molecular weight is 332 g/mol. The lowest BCUT2D eigenvalue weighted by molar-refractivity contribution is -0.137. The zero-order valence-corrected chi connectivity index (χ0v) is 14.4. The lowest BCUT2D eigenvalue weighted by atomic mass is 10.0. The zero-order valence-electron chi connectivity index (χ0n) is 14.4. The lowest BCUT2D eigenvalue weighted by Gasteiger charge is -2.26. The minimum Gasteiger partial charge on any atom is -0.481 e. The molecule has 1 aromatic carbocycles. The molecule has 0 bridgehead atoms. The summed E-state index contributed by atoms with van der Waals surface area (Å²) < 4.78 is 0. The summed E-state index contributed by atoms with van der Waals surface area (Å²) >= 11 is 0. The van der Waals surface area contributed by atoms with Crippen LogP contribution in [0, 0.1) is 5.92 Å². The molecule has 0 spiro atoms. The maximum atomic E-state index is 12.6. The molecule has 5 nitrogen and oxygen atoms in total. The van der Waals surface area contributed by atoms with Crippen LogP contribution in [0.25, 0.3) is 0 Å². The molecule has 132 valence electrons. The second-order valence-electron chi connectivity index (χ2n) is 6.66. The highest BCUT2D eigenvalue weighted by Gasteiger charge is 2.27. The highest BCUT2D eigenvalue weighted by molar-refractivity contribution is 5.74. The Morgan fingerprint density at radius 1 is 1.29 bits per heavy atom. The summed E-state index contributed by atoms with van der Waals surface area (Å²) in [6, 6.07) is 9.67. The summed E-state index contributed by atoms with van der Waals surface area (Å²) in [5.74, 6) is -0.181. The Hall–Kier alpha value is -2.04. The molecule has 2 amide bonds.